The fourth-order valence-electron chi connectivity index (χ4n) is 4.00. The van der Waals surface area contributed by atoms with Crippen molar-refractivity contribution in [2.45, 2.75) is 26.6 Å². The van der Waals surface area contributed by atoms with Crippen LogP contribution in [-0.4, -0.2) is 22.2 Å². The second kappa shape index (κ2) is 9.66. The van der Waals surface area contributed by atoms with Crippen molar-refractivity contribution in [2.24, 2.45) is 0 Å². The molecule has 0 aliphatic rings. The smallest absolute Gasteiger partial charge is 0.352 e. The van der Waals surface area contributed by atoms with Crippen molar-refractivity contribution in [3.63, 3.8) is 0 Å². The summed E-state index contributed by atoms with van der Waals surface area (Å²) < 4.78 is 20.8. The van der Waals surface area contributed by atoms with Crippen molar-refractivity contribution in [3.05, 3.63) is 101 Å². The number of halogens is 1. The molecule has 6 heteroatoms. The van der Waals surface area contributed by atoms with Crippen LogP contribution in [0.15, 0.2) is 72.8 Å². The summed E-state index contributed by atoms with van der Waals surface area (Å²) in [6, 6.07) is 21.6. The van der Waals surface area contributed by atoms with E-state index in [-0.39, 0.29) is 11.5 Å². The molecule has 4 rings (SSSR count). The second-order valence-electron chi connectivity index (χ2n) is 7.51. The van der Waals surface area contributed by atoms with Gasteiger partial charge < -0.3 is 19.7 Å². The Morgan fingerprint density at radius 3 is 2.47 bits per heavy atom. The molecule has 0 bridgehead atoms. The van der Waals surface area contributed by atoms with Crippen LogP contribution in [0.5, 0.6) is 5.75 Å². The minimum atomic E-state index is -0.991. The van der Waals surface area contributed by atoms with Crippen molar-refractivity contribution in [2.75, 3.05) is 6.61 Å². The molecular weight excluding hydrogens is 407 g/mol. The first-order chi connectivity index (χ1) is 15.6. The van der Waals surface area contributed by atoms with E-state index in [1.807, 2.05) is 55.5 Å². The molecule has 0 aliphatic carbocycles. The Hall–Kier alpha value is -3.64. The number of ether oxygens (including phenoxy) is 1. The number of nitrogens with zero attached hydrogens (tertiary/aromatic N) is 1. The van der Waals surface area contributed by atoms with Crippen LogP contribution in [0.25, 0.3) is 10.9 Å². The van der Waals surface area contributed by atoms with Crippen LogP contribution in [-0.2, 0) is 19.6 Å². The van der Waals surface area contributed by atoms with Crippen LogP contribution < -0.4 is 10.1 Å². The van der Waals surface area contributed by atoms with Crippen molar-refractivity contribution < 1.29 is 19.0 Å². The first-order valence-electron chi connectivity index (χ1n) is 10.6. The molecule has 2 N–H and O–H groups in total. The van der Waals surface area contributed by atoms with E-state index in [9.17, 15) is 14.3 Å². The number of para-hydroxylation sites is 2. The van der Waals surface area contributed by atoms with Gasteiger partial charge in [0.1, 0.15) is 17.3 Å². The minimum absolute atomic E-state index is 0.237. The number of carbonyl (C=O) groups is 1. The molecule has 3 aromatic carbocycles. The Bertz CT molecular complexity index is 1230. The van der Waals surface area contributed by atoms with Gasteiger partial charge in [-0.3, -0.25) is 0 Å². The monoisotopic (exact) mass is 432 g/mol. The lowest BCUT2D eigenvalue weighted by Crippen LogP contribution is -2.17. The zero-order chi connectivity index (χ0) is 22.5. The number of hydrogen-bond donors (Lipinski definition) is 2. The van der Waals surface area contributed by atoms with Crippen LogP contribution in [0.3, 0.4) is 0 Å². The Morgan fingerprint density at radius 2 is 1.72 bits per heavy atom. The fourth-order valence-corrected chi connectivity index (χ4v) is 4.00. The molecule has 164 valence electrons. The first kappa shape index (κ1) is 21.6. The molecule has 0 unspecified atom stereocenters. The maximum absolute atomic E-state index is 13.3. The van der Waals surface area contributed by atoms with Gasteiger partial charge in [-0.15, -0.1) is 0 Å². The molecule has 0 spiro atoms. The van der Waals surface area contributed by atoms with Crippen LogP contribution in [0.1, 0.15) is 34.1 Å². The average Bonchev–Trinajstić information content (AvgIpc) is 3.10. The summed E-state index contributed by atoms with van der Waals surface area (Å²) in [4.78, 5) is 12.3. The third-order valence-electron chi connectivity index (χ3n) is 5.42. The van der Waals surface area contributed by atoms with Crippen molar-refractivity contribution in [1.29, 1.82) is 0 Å². The third kappa shape index (κ3) is 4.50. The van der Waals surface area contributed by atoms with Crippen molar-refractivity contribution in [1.82, 2.24) is 9.88 Å². The molecule has 0 saturated carbocycles. The maximum Gasteiger partial charge on any atom is 0.352 e. The molecule has 4 aromatic rings. The number of nitrogens with one attached hydrogen (secondary N) is 1. The second-order valence-corrected chi connectivity index (χ2v) is 7.51. The highest BCUT2D eigenvalue weighted by molar-refractivity contribution is 5.98. The number of aromatic carboxylic acids is 1. The lowest BCUT2D eigenvalue weighted by atomic mass is 10.1. The number of hydrogen-bond acceptors (Lipinski definition) is 3. The van der Waals surface area contributed by atoms with Crippen LogP contribution >= 0.6 is 0 Å². The average molecular weight is 432 g/mol. The van der Waals surface area contributed by atoms with Crippen molar-refractivity contribution in [3.8, 4) is 5.75 Å². The summed E-state index contributed by atoms with van der Waals surface area (Å²) in [5, 5.41) is 14.3. The Kier molecular flexibility index (Phi) is 6.52. The largest absolute Gasteiger partial charge is 0.494 e. The van der Waals surface area contributed by atoms with Crippen molar-refractivity contribution >= 4 is 16.9 Å². The molecule has 0 fully saturated rings. The van der Waals surface area contributed by atoms with E-state index in [1.165, 1.54) is 12.1 Å². The van der Waals surface area contributed by atoms with Gasteiger partial charge in [-0.05, 0) is 36.8 Å². The van der Waals surface area contributed by atoms with Gasteiger partial charge in [-0.2, -0.15) is 0 Å². The standard InChI is InChI=1S/C26H25FN2O3/c1-2-32-24-10-6-3-7-19(24)15-28-16-22-21-8-4-5-9-23(21)29(25(22)26(30)31)17-18-11-13-20(27)14-12-18/h3-14,28H,2,15-17H2,1H3,(H,30,31). The van der Waals surface area contributed by atoms with E-state index < -0.39 is 5.97 Å². The van der Waals surface area contributed by atoms with Gasteiger partial charge in [0.25, 0.3) is 0 Å². The van der Waals surface area contributed by atoms with Crippen LogP contribution in [0, 0.1) is 5.82 Å². The molecule has 32 heavy (non-hydrogen) atoms. The van der Waals surface area contributed by atoms with Gasteiger partial charge in [0.05, 0.1) is 6.61 Å². The van der Waals surface area contributed by atoms with E-state index in [0.29, 0.717) is 26.2 Å². The number of rotatable bonds is 9. The van der Waals surface area contributed by atoms with Gasteiger partial charge in [0, 0.05) is 41.7 Å². The normalized spacial score (nSPS) is 11.1. The summed E-state index contributed by atoms with van der Waals surface area (Å²) in [7, 11) is 0. The third-order valence-corrected chi connectivity index (χ3v) is 5.42. The molecule has 5 nitrogen and oxygen atoms in total. The van der Waals surface area contributed by atoms with E-state index >= 15 is 0 Å². The summed E-state index contributed by atoms with van der Waals surface area (Å²) in [5.41, 5.74) is 3.65. The molecule has 0 atom stereocenters. The van der Waals surface area contributed by atoms with E-state index in [1.54, 1.807) is 16.7 Å². The topological polar surface area (TPSA) is 63.5 Å². The quantitative estimate of drug-likeness (QED) is 0.381. The molecule has 0 aliphatic heterocycles. The molecule has 0 saturated heterocycles. The number of carboxylic acid groups (broad SMARTS) is 1. The summed E-state index contributed by atoms with van der Waals surface area (Å²) in [6.45, 7) is 3.80. The van der Waals surface area contributed by atoms with E-state index in [0.717, 1.165) is 33.3 Å². The highest BCUT2D eigenvalue weighted by Gasteiger charge is 2.22. The summed E-state index contributed by atoms with van der Waals surface area (Å²) in [6.07, 6.45) is 0. The molecule has 1 heterocycles. The zero-order valence-electron chi connectivity index (χ0n) is 17.8. The van der Waals surface area contributed by atoms with Gasteiger partial charge in [-0.25, -0.2) is 9.18 Å². The summed E-state index contributed by atoms with van der Waals surface area (Å²) in [5.74, 6) is -0.490. The van der Waals surface area contributed by atoms with E-state index in [2.05, 4.69) is 5.32 Å². The number of aromatic nitrogens is 1. The molecule has 0 radical (unpaired) electrons. The lowest BCUT2D eigenvalue weighted by molar-refractivity contribution is 0.0684. The van der Waals surface area contributed by atoms with Crippen LogP contribution in [0.2, 0.25) is 0 Å². The highest BCUT2D eigenvalue weighted by Crippen LogP contribution is 2.28. The summed E-state index contributed by atoms with van der Waals surface area (Å²) >= 11 is 0. The Balaban J connectivity index is 1.66. The Morgan fingerprint density at radius 1 is 1.00 bits per heavy atom. The van der Waals surface area contributed by atoms with Gasteiger partial charge in [0.2, 0.25) is 0 Å². The Labute approximate surface area is 186 Å². The number of benzene rings is 3. The lowest BCUT2D eigenvalue weighted by Gasteiger charge is -2.12. The van der Waals surface area contributed by atoms with Crippen LogP contribution in [0.4, 0.5) is 4.39 Å². The first-order valence-corrected chi connectivity index (χ1v) is 10.6. The molecule has 1 aromatic heterocycles. The molecule has 0 amide bonds. The SMILES string of the molecule is CCOc1ccccc1CNCc1c(C(=O)O)n(Cc2ccc(F)cc2)c2ccccc12. The predicted octanol–water partition coefficient (Wildman–Crippen LogP) is 5.22. The molecular formula is C26H25FN2O3. The fraction of sp³-hybridized carbons (Fsp3) is 0.192. The number of carboxylic acids is 1. The van der Waals surface area contributed by atoms with Gasteiger partial charge >= 0.3 is 5.97 Å². The minimum Gasteiger partial charge on any atom is -0.494 e. The van der Waals surface area contributed by atoms with Gasteiger partial charge in [-0.1, -0.05) is 48.5 Å². The van der Waals surface area contributed by atoms with E-state index in [4.69, 9.17) is 4.74 Å². The highest BCUT2D eigenvalue weighted by atomic mass is 19.1. The van der Waals surface area contributed by atoms with Gasteiger partial charge in [0.15, 0.2) is 0 Å². The predicted molar refractivity (Wildman–Crippen MR) is 123 cm³/mol. The maximum atomic E-state index is 13.3. The number of fused-ring (bicyclic) bond motifs is 1. The zero-order valence-corrected chi connectivity index (χ0v) is 17.8.